The number of aliphatic hydroxyl groups excluding tert-OH is 1. The Labute approximate surface area is 89.5 Å². The molecule has 0 radical (unpaired) electrons. The topological polar surface area (TPSA) is 67.3 Å². The summed E-state index contributed by atoms with van der Waals surface area (Å²) in [7, 11) is 1.57. The van der Waals surface area contributed by atoms with Crippen molar-refractivity contribution in [3.8, 4) is 0 Å². The first-order chi connectivity index (χ1) is 7.22. The number of anilines is 1. The third kappa shape index (κ3) is 4.71. The van der Waals surface area contributed by atoms with Gasteiger partial charge in [0.2, 0.25) is 5.95 Å². The highest BCUT2D eigenvalue weighted by Crippen LogP contribution is 1.99. The van der Waals surface area contributed by atoms with E-state index in [1.807, 2.05) is 6.92 Å². The van der Waals surface area contributed by atoms with Crippen molar-refractivity contribution < 1.29 is 9.84 Å². The minimum Gasteiger partial charge on any atom is -0.391 e. The monoisotopic (exact) mass is 211 g/mol. The molecule has 0 aromatic carbocycles. The molecule has 0 aliphatic heterocycles. The maximum Gasteiger partial charge on any atom is 0.222 e. The number of rotatable bonds is 6. The van der Waals surface area contributed by atoms with E-state index in [2.05, 4.69) is 15.3 Å². The van der Waals surface area contributed by atoms with Gasteiger partial charge in [-0.05, 0) is 18.9 Å². The zero-order valence-electron chi connectivity index (χ0n) is 9.10. The zero-order chi connectivity index (χ0) is 11.1. The Bertz CT molecular complexity index is 277. The Morgan fingerprint density at radius 3 is 2.73 bits per heavy atom. The minimum absolute atomic E-state index is 0.358. The van der Waals surface area contributed by atoms with E-state index >= 15 is 0 Å². The molecule has 0 aliphatic rings. The van der Waals surface area contributed by atoms with Crippen molar-refractivity contribution in [2.24, 2.45) is 0 Å². The van der Waals surface area contributed by atoms with E-state index in [1.165, 1.54) is 0 Å². The van der Waals surface area contributed by atoms with E-state index in [9.17, 15) is 5.11 Å². The van der Waals surface area contributed by atoms with Crippen LogP contribution in [-0.4, -0.2) is 41.4 Å². The van der Waals surface area contributed by atoms with Crippen LogP contribution in [0.25, 0.3) is 0 Å². The molecule has 84 valence electrons. The Morgan fingerprint density at radius 1 is 1.47 bits per heavy atom. The van der Waals surface area contributed by atoms with Gasteiger partial charge in [0.15, 0.2) is 0 Å². The Balaban J connectivity index is 2.22. The van der Waals surface area contributed by atoms with Crippen LogP contribution < -0.4 is 5.32 Å². The molecule has 0 bridgehead atoms. The molecular formula is C10H17N3O2. The fraction of sp³-hybridized carbons (Fsp3) is 0.600. The average molecular weight is 211 g/mol. The van der Waals surface area contributed by atoms with Crippen LogP contribution in [-0.2, 0) is 4.74 Å². The van der Waals surface area contributed by atoms with Crippen LogP contribution in [0.15, 0.2) is 12.4 Å². The van der Waals surface area contributed by atoms with Crippen molar-refractivity contribution in [2.75, 3.05) is 25.6 Å². The SMILES string of the molecule is COCC(O)CCNc1ncc(C)cn1. The van der Waals surface area contributed by atoms with Gasteiger partial charge in [-0.2, -0.15) is 0 Å². The molecule has 5 nitrogen and oxygen atoms in total. The van der Waals surface area contributed by atoms with Crippen molar-refractivity contribution in [2.45, 2.75) is 19.4 Å². The summed E-state index contributed by atoms with van der Waals surface area (Å²) >= 11 is 0. The largest absolute Gasteiger partial charge is 0.391 e. The summed E-state index contributed by atoms with van der Waals surface area (Å²) in [6, 6.07) is 0. The van der Waals surface area contributed by atoms with Gasteiger partial charge < -0.3 is 15.2 Å². The number of ether oxygens (including phenoxy) is 1. The summed E-state index contributed by atoms with van der Waals surface area (Å²) in [6.45, 7) is 2.93. The van der Waals surface area contributed by atoms with Gasteiger partial charge >= 0.3 is 0 Å². The number of hydrogen-bond acceptors (Lipinski definition) is 5. The number of aromatic nitrogens is 2. The third-order valence-electron chi connectivity index (χ3n) is 1.90. The lowest BCUT2D eigenvalue weighted by atomic mass is 10.3. The van der Waals surface area contributed by atoms with Gasteiger partial charge in [-0.25, -0.2) is 9.97 Å². The maximum absolute atomic E-state index is 9.37. The van der Waals surface area contributed by atoms with E-state index in [1.54, 1.807) is 19.5 Å². The van der Waals surface area contributed by atoms with Crippen LogP contribution in [0.4, 0.5) is 5.95 Å². The highest BCUT2D eigenvalue weighted by atomic mass is 16.5. The van der Waals surface area contributed by atoms with Gasteiger partial charge in [0.25, 0.3) is 0 Å². The molecule has 1 unspecified atom stereocenters. The predicted octanol–water partition coefficient (Wildman–Crippen LogP) is 0.594. The van der Waals surface area contributed by atoms with E-state index < -0.39 is 6.10 Å². The van der Waals surface area contributed by atoms with E-state index in [0.717, 1.165) is 5.56 Å². The molecule has 1 heterocycles. The van der Waals surface area contributed by atoms with Gasteiger partial charge in [0.1, 0.15) is 0 Å². The summed E-state index contributed by atoms with van der Waals surface area (Å²) in [5.41, 5.74) is 1.03. The van der Waals surface area contributed by atoms with Gasteiger partial charge in [-0.3, -0.25) is 0 Å². The zero-order valence-corrected chi connectivity index (χ0v) is 9.10. The molecule has 1 atom stereocenters. The molecule has 15 heavy (non-hydrogen) atoms. The smallest absolute Gasteiger partial charge is 0.222 e. The molecular weight excluding hydrogens is 194 g/mol. The second-order valence-corrected chi connectivity index (χ2v) is 3.41. The van der Waals surface area contributed by atoms with Crippen LogP contribution in [0.1, 0.15) is 12.0 Å². The first kappa shape index (κ1) is 11.9. The molecule has 1 aromatic heterocycles. The Hall–Kier alpha value is -1.20. The van der Waals surface area contributed by atoms with E-state index in [4.69, 9.17) is 4.74 Å². The normalized spacial score (nSPS) is 12.5. The second-order valence-electron chi connectivity index (χ2n) is 3.41. The van der Waals surface area contributed by atoms with Crippen LogP contribution >= 0.6 is 0 Å². The maximum atomic E-state index is 9.37. The Morgan fingerprint density at radius 2 is 2.13 bits per heavy atom. The standard InChI is InChI=1S/C10H17N3O2/c1-8-5-12-10(13-6-8)11-4-3-9(14)7-15-2/h5-6,9,14H,3-4,7H2,1-2H3,(H,11,12,13). The van der Waals surface area contributed by atoms with Crippen LogP contribution in [0.5, 0.6) is 0 Å². The lowest BCUT2D eigenvalue weighted by molar-refractivity contribution is 0.0615. The van der Waals surface area contributed by atoms with Crippen molar-refractivity contribution in [1.82, 2.24) is 9.97 Å². The second kappa shape index (κ2) is 6.31. The number of aryl methyl sites for hydroxylation is 1. The van der Waals surface area contributed by atoms with Crippen molar-refractivity contribution >= 4 is 5.95 Å². The minimum atomic E-state index is -0.437. The average Bonchev–Trinajstić information content (AvgIpc) is 2.21. The quantitative estimate of drug-likeness (QED) is 0.721. The third-order valence-corrected chi connectivity index (χ3v) is 1.90. The lowest BCUT2D eigenvalue weighted by Gasteiger charge is -2.09. The fourth-order valence-electron chi connectivity index (χ4n) is 1.11. The van der Waals surface area contributed by atoms with E-state index in [-0.39, 0.29) is 0 Å². The van der Waals surface area contributed by atoms with Crippen LogP contribution in [0.2, 0.25) is 0 Å². The summed E-state index contributed by atoms with van der Waals surface area (Å²) in [5.74, 6) is 0.588. The molecule has 0 amide bonds. The highest BCUT2D eigenvalue weighted by Gasteiger charge is 2.02. The molecule has 1 aromatic rings. The number of aliphatic hydroxyl groups is 1. The first-order valence-electron chi connectivity index (χ1n) is 4.92. The first-order valence-corrected chi connectivity index (χ1v) is 4.92. The Kier molecular flexibility index (Phi) is 5.00. The summed E-state index contributed by atoms with van der Waals surface area (Å²) < 4.78 is 4.81. The summed E-state index contributed by atoms with van der Waals surface area (Å²) in [6.07, 6.45) is 3.68. The summed E-state index contributed by atoms with van der Waals surface area (Å²) in [4.78, 5) is 8.17. The molecule has 2 N–H and O–H groups in total. The predicted molar refractivity (Wildman–Crippen MR) is 57.8 cm³/mol. The van der Waals surface area contributed by atoms with E-state index in [0.29, 0.717) is 25.5 Å². The molecule has 1 rings (SSSR count). The number of nitrogens with one attached hydrogen (secondary N) is 1. The summed E-state index contributed by atoms with van der Waals surface area (Å²) in [5, 5.41) is 12.4. The lowest BCUT2D eigenvalue weighted by Crippen LogP contribution is -2.18. The number of methoxy groups -OCH3 is 1. The van der Waals surface area contributed by atoms with Crippen LogP contribution in [0, 0.1) is 6.92 Å². The molecule has 0 saturated heterocycles. The number of hydrogen-bond donors (Lipinski definition) is 2. The van der Waals surface area contributed by atoms with Crippen molar-refractivity contribution in [3.63, 3.8) is 0 Å². The molecule has 0 saturated carbocycles. The van der Waals surface area contributed by atoms with Crippen LogP contribution in [0.3, 0.4) is 0 Å². The number of nitrogens with zero attached hydrogens (tertiary/aromatic N) is 2. The van der Waals surface area contributed by atoms with Gasteiger partial charge in [-0.15, -0.1) is 0 Å². The fourth-order valence-corrected chi connectivity index (χ4v) is 1.11. The molecule has 5 heteroatoms. The van der Waals surface area contributed by atoms with Gasteiger partial charge in [0, 0.05) is 26.0 Å². The molecule has 0 spiro atoms. The van der Waals surface area contributed by atoms with Crippen molar-refractivity contribution in [3.05, 3.63) is 18.0 Å². The van der Waals surface area contributed by atoms with Gasteiger partial charge in [0.05, 0.1) is 12.7 Å². The highest BCUT2D eigenvalue weighted by molar-refractivity contribution is 5.23. The molecule has 0 fully saturated rings. The van der Waals surface area contributed by atoms with Gasteiger partial charge in [-0.1, -0.05) is 0 Å². The molecule has 0 aliphatic carbocycles. The van der Waals surface area contributed by atoms with Crippen molar-refractivity contribution in [1.29, 1.82) is 0 Å².